The molecule has 2 N–H and O–H groups in total. The maximum Gasteiger partial charge on any atom is 0.341 e. The maximum absolute atomic E-state index is 11.2. The minimum absolute atomic E-state index is 0.273. The summed E-state index contributed by atoms with van der Waals surface area (Å²) in [5.74, 6) is -1.32. The standard InChI is InChI=1S/C10H6ClN3O3/c11-7-4-12-2-1-5(7)8-3-6(10(16)17)9(15)14-13-8/h1-4H,(H,14,15)(H,16,17). The van der Waals surface area contributed by atoms with Gasteiger partial charge in [0.05, 0.1) is 10.7 Å². The van der Waals surface area contributed by atoms with Crippen molar-refractivity contribution in [3.05, 3.63) is 45.5 Å². The van der Waals surface area contributed by atoms with Crippen LogP contribution in [0.25, 0.3) is 11.3 Å². The zero-order valence-corrected chi connectivity index (χ0v) is 9.10. The summed E-state index contributed by atoms with van der Waals surface area (Å²) in [6.07, 6.45) is 2.90. The van der Waals surface area contributed by atoms with Gasteiger partial charge in [0.2, 0.25) is 0 Å². The summed E-state index contributed by atoms with van der Waals surface area (Å²) in [4.78, 5) is 25.8. The number of pyridine rings is 1. The van der Waals surface area contributed by atoms with Crippen molar-refractivity contribution < 1.29 is 9.90 Å². The minimum Gasteiger partial charge on any atom is -0.477 e. The van der Waals surface area contributed by atoms with Gasteiger partial charge in [-0.15, -0.1) is 0 Å². The number of H-pyrrole nitrogens is 1. The number of aromatic carboxylic acids is 1. The number of halogens is 1. The van der Waals surface area contributed by atoms with Gasteiger partial charge in [0.1, 0.15) is 5.56 Å². The lowest BCUT2D eigenvalue weighted by atomic mass is 10.1. The quantitative estimate of drug-likeness (QED) is 0.836. The number of aromatic amines is 1. The van der Waals surface area contributed by atoms with Gasteiger partial charge >= 0.3 is 5.97 Å². The first-order valence-electron chi connectivity index (χ1n) is 4.52. The van der Waals surface area contributed by atoms with E-state index in [1.54, 1.807) is 6.07 Å². The molecule has 0 saturated carbocycles. The van der Waals surface area contributed by atoms with Gasteiger partial charge in [-0.2, -0.15) is 5.10 Å². The molecule has 2 rings (SSSR count). The summed E-state index contributed by atoms with van der Waals surface area (Å²) in [6, 6.07) is 2.75. The number of carboxylic acid groups (broad SMARTS) is 1. The second kappa shape index (κ2) is 4.34. The Morgan fingerprint density at radius 2 is 2.24 bits per heavy atom. The van der Waals surface area contributed by atoms with E-state index in [-0.39, 0.29) is 11.3 Å². The summed E-state index contributed by atoms with van der Waals surface area (Å²) in [5, 5.41) is 15.0. The molecule has 7 heteroatoms. The molecule has 0 aromatic carbocycles. The van der Waals surface area contributed by atoms with Crippen LogP contribution in [0, 0.1) is 0 Å². The predicted octanol–water partition coefficient (Wildman–Crippen LogP) is 1.18. The summed E-state index contributed by atoms with van der Waals surface area (Å²) >= 11 is 5.89. The molecule has 0 unspecified atom stereocenters. The largest absolute Gasteiger partial charge is 0.477 e. The second-order valence-corrected chi connectivity index (χ2v) is 3.56. The zero-order chi connectivity index (χ0) is 12.4. The highest BCUT2D eigenvalue weighted by molar-refractivity contribution is 6.33. The molecule has 0 amide bonds. The van der Waals surface area contributed by atoms with E-state index >= 15 is 0 Å². The number of carbonyl (C=O) groups is 1. The normalized spacial score (nSPS) is 10.2. The van der Waals surface area contributed by atoms with Crippen LogP contribution < -0.4 is 5.56 Å². The Morgan fingerprint density at radius 3 is 2.88 bits per heavy atom. The van der Waals surface area contributed by atoms with Crippen LogP contribution in [0.2, 0.25) is 5.02 Å². The Balaban J connectivity index is 2.62. The predicted molar refractivity (Wildman–Crippen MR) is 60.1 cm³/mol. The number of hydrogen-bond acceptors (Lipinski definition) is 4. The van der Waals surface area contributed by atoms with Crippen molar-refractivity contribution in [1.29, 1.82) is 0 Å². The van der Waals surface area contributed by atoms with Crippen LogP contribution in [-0.2, 0) is 0 Å². The summed E-state index contributed by atoms with van der Waals surface area (Å²) in [7, 11) is 0. The molecule has 0 spiro atoms. The van der Waals surface area contributed by atoms with E-state index in [1.807, 2.05) is 0 Å². The molecule has 0 aliphatic rings. The highest BCUT2D eigenvalue weighted by Crippen LogP contribution is 2.24. The fraction of sp³-hybridized carbons (Fsp3) is 0. The molecule has 0 aliphatic heterocycles. The monoisotopic (exact) mass is 251 g/mol. The Bertz CT molecular complexity index is 639. The van der Waals surface area contributed by atoms with Crippen LogP contribution in [0.4, 0.5) is 0 Å². The molecule has 0 atom stereocenters. The summed E-state index contributed by atoms with van der Waals surface area (Å²) < 4.78 is 0. The number of nitrogens with zero attached hydrogens (tertiary/aromatic N) is 2. The highest BCUT2D eigenvalue weighted by atomic mass is 35.5. The first-order valence-corrected chi connectivity index (χ1v) is 4.90. The van der Waals surface area contributed by atoms with Gasteiger partial charge in [0.25, 0.3) is 5.56 Å². The van der Waals surface area contributed by atoms with Crippen molar-refractivity contribution in [2.75, 3.05) is 0 Å². The average Bonchev–Trinajstić information content (AvgIpc) is 2.30. The Kier molecular flexibility index (Phi) is 2.88. The topological polar surface area (TPSA) is 95.9 Å². The van der Waals surface area contributed by atoms with E-state index in [9.17, 15) is 9.59 Å². The van der Waals surface area contributed by atoms with Crippen molar-refractivity contribution in [3.63, 3.8) is 0 Å². The first kappa shape index (κ1) is 11.3. The molecule has 86 valence electrons. The Labute approximate surface area is 99.9 Å². The number of carboxylic acids is 1. The smallest absolute Gasteiger partial charge is 0.341 e. The van der Waals surface area contributed by atoms with Gasteiger partial charge in [-0.1, -0.05) is 11.6 Å². The van der Waals surface area contributed by atoms with Gasteiger partial charge < -0.3 is 5.11 Å². The molecular formula is C10H6ClN3O3. The zero-order valence-electron chi connectivity index (χ0n) is 8.35. The van der Waals surface area contributed by atoms with Crippen LogP contribution in [0.5, 0.6) is 0 Å². The van der Waals surface area contributed by atoms with Gasteiger partial charge in [0, 0.05) is 18.0 Å². The number of hydrogen-bond donors (Lipinski definition) is 2. The van der Waals surface area contributed by atoms with Crippen LogP contribution in [-0.4, -0.2) is 26.3 Å². The van der Waals surface area contributed by atoms with E-state index < -0.39 is 11.5 Å². The summed E-state index contributed by atoms with van der Waals surface area (Å²) in [5.41, 5.74) is -0.371. The molecule has 0 fully saturated rings. The van der Waals surface area contributed by atoms with E-state index in [0.29, 0.717) is 10.6 Å². The van der Waals surface area contributed by atoms with Crippen molar-refractivity contribution in [2.45, 2.75) is 0 Å². The van der Waals surface area contributed by atoms with Crippen LogP contribution in [0.3, 0.4) is 0 Å². The van der Waals surface area contributed by atoms with Gasteiger partial charge in [-0.3, -0.25) is 9.78 Å². The lowest BCUT2D eigenvalue weighted by Gasteiger charge is -2.02. The molecule has 0 saturated heterocycles. The van der Waals surface area contributed by atoms with E-state index in [1.165, 1.54) is 18.5 Å². The fourth-order valence-electron chi connectivity index (χ4n) is 1.29. The van der Waals surface area contributed by atoms with Crippen molar-refractivity contribution in [1.82, 2.24) is 15.2 Å². The molecule has 2 aromatic rings. The molecule has 2 heterocycles. The minimum atomic E-state index is -1.32. The van der Waals surface area contributed by atoms with Crippen LogP contribution in [0.1, 0.15) is 10.4 Å². The average molecular weight is 252 g/mol. The molecule has 0 aliphatic carbocycles. The number of rotatable bonds is 2. The van der Waals surface area contributed by atoms with E-state index in [2.05, 4.69) is 15.2 Å². The van der Waals surface area contributed by atoms with E-state index in [0.717, 1.165) is 0 Å². The van der Waals surface area contributed by atoms with E-state index in [4.69, 9.17) is 16.7 Å². The van der Waals surface area contributed by atoms with Crippen LogP contribution in [0.15, 0.2) is 29.3 Å². The molecule has 0 bridgehead atoms. The lowest BCUT2D eigenvalue weighted by Crippen LogP contribution is -2.18. The third kappa shape index (κ3) is 2.16. The molecular weight excluding hydrogens is 246 g/mol. The first-order chi connectivity index (χ1) is 8.09. The second-order valence-electron chi connectivity index (χ2n) is 3.16. The maximum atomic E-state index is 11.2. The third-order valence-electron chi connectivity index (χ3n) is 2.08. The lowest BCUT2D eigenvalue weighted by molar-refractivity contribution is 0.0694. The van der Waals surface area contributed by atoms with Gasteiger partial charge in [-0.05, 0) is 12.1 Å². The highest BCUT2D eigenvalue weighted by Gasteiger charge is 2.12. The number of nitrogens with one attached hydrogen (secondary N) is 1. The molecule has 2 aromatic heterocycles. The third-order valence-corrected chi connectivity index (χ3v) is 2.38. The van der Waals surface area contributed by atoms with Crippen LogP contribution >= 0.6 is 11.6 Å². The molecule has 6 nitrogen and oxygen atoms in total. The summed E-state index contributed by atoms with van der Waals surface area (Å²) in [6.45, 7) is 0. The van der Waals surface area contributed by atoms with Gasteiger partial charge in [0.15, 0.2) is 0 Å². The Morgan fingerprint density at radius 1 is 1.47 bits per heavy atom. The van der Waals surface area contributed by atoms with Crippen molar-refractivity contribution in [3.8, 4) is 11.3 Å². The van der Waals surface area contributed by atoms with Crippen molar-refractivity contribution >= 4 is 17.6 Å². The van der Waals surface area contributed by atoms with Crippen molar-refractivity contribution in [2.24, 2.45) is 0 Å². The number of aromatic nitrogens is 3. The fourth-order valence-corrected chi connectivity index (χ4v) is 1.50. The molecule has 0 radical (unpaired) electrons. The van der Waals surface area contributed by atoms with Gasteiger partial charge in [-0.25, -0.2) is 9.89 Å². The Hall–Kier alpha value is -2.21. The SMILES string of the molecule is O=C(O)c1cc(-c2ccncc2Cl)n[nH]c1=O. The molecule has 17 heavy (non-hydrogen) atoms.